The van der Waals surface area contributed by atoms with Crippen LogP contribution in [0.4, 0.5) is 14.7 Å². The van der Waals surface area contributed by atoms with Crippen molar-refractivity contribution < 1.29 is 8.78 Å². The van der Waals surface area contributed by atoms with E-state index in [0.29, 0.717) is 5.69 Å². The highest BCUT2D eigenvalue weighted by Crippen LogP contribution is 2.18. The quantitative estimate of drug-likeness (QED) is 0.769. The van der Waals surface area contributed by atoms with Crippen LogP contribution in [0.5, 0.6) is 0 Å². The molecule has 3 rings (SSSR count). The summed E-state index contributed by atoms with van der Waals surface area (Å²) < 4.78 is 26.6. The molecule has 4 nitrogen and oxygen atoms in total. The molecule has 2 aromatic carbocycles. The first-order valence-corrected chi connectivity index (χ1v) is 7.37. The minimum Gasteiger partial charge on any atom is -0.352 e. The molecule has 2 N–H and O–H groups in total. The number of aromatic amines is 1. The van der Waals surface area contributed by atoms with Crippen LogP contribution < -0.4 is 10.9 Å². The van der Waals surface area contributed by atoms with Crippen LogP contribution in [0.2, 0.25) is 0 Å². The van der Waals surface area contributed by atoms with Crippen LogP contribution in [0, 0.1) is 18.6 Å². The second kappa shape index (κ2) is 6.62. The average molecular weight is 327 g/mol. The van der Waals surface area contributed by atoms with Gasteiger partial charge >= 0.3 is 0 Å². The number of rotatable bonds is 4. The Labute approximate surface area is 137 Å². The van der Waals surface area contributed by atoms with E-state index in [1.807, 2.05) is 31.2 Å². The maximum Gasteiger partial charge on any atom is 0.252 e. The molecular weight excluding hydrogens is 312 g/mol. The van der Waals surface area contributed by atoms with Gasteiger partial charge in [0.1, 0.15) is 11.6 Å². The van der Waals surface area contributed by atoms with Gasteiger partial charge in [-0.2, -0.15) is 0 Å². The first-order chi connectivity index (χ1) is 11.5. The predicted octanol–water partition coefficient (Wildman–Crippen LogP) is 3.64. The SMILES string of the molecule is Cc1cccc(-c2cc(=O)[nH]c(NCc3ccc(F)cc3F)n2)c1. The number of halogens is 2. The van der Waals surface area contributed by atoms with Gasteiger partial charge in [0.15, 0.2) is 0 Å². The molecule has 0 amide bonds. The number of benzene rings is 2. The Kier molecular flexibility index (Phi) is 4.37. The largest absolute Gasteiger partial charge is 0.352 e. The van der Waals surface area contributed by atoms with Crippen molar-refractivity contribution in [3.8, 4) is 11.3 Å². The third-order valence-electron chi connectivity index (χ3n) is 3.52. The number of aromatic nitrogens is 2. The van der Waals surface area contributed by atoms with Gasteiger partial charge in [-0.15, -0.1) is 0 Å². The first kappa shape index (κ1) is 15.9. The topological polar surface area (TPSA) is 57.8 Å². The Morgan fingerprint density at radius 2 is 1.96 bits per heavy atom. The lowest BCUT2D eigenvalue weighted by Crippen LogP contribution is -2.13. The zero-order chi connectivity index (χ0) is 17.1. The standard InChI is InChI=1S/C18H15F2N3O/c1-11-3-2-4-12(7-11)16-9-17(24)23-18(22-16)21-10-13-5-6-14(19)8-15(13)20/h2-9H,10H2,1H3,(H2,21,22,23,24). The van der Waals surface area contributed by atoms with E-state index in [4.69, 9.17) is 0 Å². The molecule has 0 fully saturated rings. The molecule has 0 aliphatic rings. The lowest BCUT2D eigenvalue weighted by atomic mass is 10.1. The van der Waals surface area contributed by atoms with Gasteiger partial charge < -0.3 is 5.32 Å². The summed E-state index contributed by atoms with van der Waals surface area (Å²) in [5.74, 6) is -1.06. The van der Waals surface area contributed by atoms with E-state index in [9.17, 15) is 13.6 Å². The molecule has 0 saturated heterocycles. The van der Waals surface area contributed by atoms with Crippen molar-refractivity contribution in [3.63, 3.8) is 0 Å². The van der Waals surface area contributed by atoms with Gasteiger partial charge in [-0.1, -0.05) is 29.8 Å². The molecule has 0 saturated carbocycles. The number of nitrogens with zero attached hydrogens (tertiary/aromatic N) is 1. The highest BCUT2D eigenvalue weighted by molar-refractivity contribution is 5.60. The molecule has 1 aromatic heterocycles. The minimum absolute atomic E-state index is 0.0757. The second-order valence-corrected chi connectivity index (χ2v) is 5.44. The lowest BCUT2D eigenvalue weighted by Gasteiger charge is -2.08. The Morgan fingerprint density at radius 1 is 1.12 bits per heavy atom. The maximum atomic E-state index is 13.6. The zero-order valence-corrected chi connectivity index (χ0v) is 12.9. The highest BCUT2D eigenvalue weighted by Gasteiger charge is 2.07. The van der Waals surface area contributed by atoms with Crippen molar-refractivity contribution in [1.29, 1.82) is 0 Å². The van der Waals surface area contributed by atoms with E-state index >= 15 is 0 Å². The summed E-state index contributed by atoms with van der Waals surface area (Å²) in [6.07, 6.45) is 0. The van der Waals surface area contributed by atoms with Crippen LogP contribution in [0.1, 0.15) is 11.1 Å². The van der Waals surface area contributed by atoms with Gasteiger partial charge in [0.2, 0.25) is 5.95 Å². The molecule has 6 heteroatoms. The van der Waals surface area contributed by atoms with Gasteiger partial charge in [-0.25, -0.2) is 13.8 Å². The van der Waals surface area contributed by atoms with E-state index in [-0.39, 0.29) is 23.6 Å². The fraction of sp³-hybridized carbons (Fsp3) is 0.111. The Morgan fingerprint density at radius 3 is 2.71 bits per heavy atom. The number of aryl methyl sites for hydroxylation is 1. The second-order valence-electron chi connectivity index (χ2n) is 5.44. The van der Waals surface area contributed by atoms with Gasteiger partial charge in [0, 0.05) is 29.8 Å². The molecule has 24 heavy (non-hydrogen) atoms. The predicted molar refractivity (Wildman–Crippen MR) is 88.7 cm³/mol. The third kappa shape index (κ3) is 3.65. The van der Waals surface area contributed by atoms with E-state index in [1.54, 1.807) is 0 Å². The van der Waals surface area contributed by atoms with Crippen molar-refractivity contribution in [2.45, 2.75) is 13.5 Å². The normalized spacial score (nSPS) is 10.6. The van der Waals surface area contributed by atoms with Crippen molar-refractivity contribution in [3.05, 3.63) is 81.6 Å². The Bertz CT molecular complexity index is 938. The fourth-order valence-electron chi connectivity index (χ4n) is 2.34. The third-order valence-corrected chi connectivity index (χ3v) is 3.52. The van der Waals surface area contributed by atoms with Crippen LogP contribution in [-0.4, -0.2) is 9.97 Å². The summed E-state index contributed by atoms with van der Waals surface area (Å²) in [5, 5.41) is 2.86. The molecule has 0 unspecified atom stereocenters. The van der Waals surface area contributed by atoms with Crippen LogP contribution >= 0.6 is 0 Å². The molecule has 0 bridgehead atoms. The van der Waals surface area contributed by atoms with E-state index in [2.05, 4.69) is 15.3 Å². The number of nitrogens with one attached hydrogen (secondary N) is 2. The monoisotopic (exact) mass is 327 g/mol. The number of H-pyrrole nitrogens is 1. The van der Waals surface area contributed by atoms with Gasteiger partial charge in [-0.3, -0.25) is 9.78 Å². The molecule has 3 aromatic rings. The Balaban J connectivity index is 1.85. The number of hydrogen-bond donors (Lipinski definition) is 2. The summed E-state index contributed by atoms with van der Waals surface area (Å²) in [4.78, 5) is 18.7. The molecule has 122 valence electrons. The molecular formula is C18H15F2N3O. The van der Waals surface area contributed by atoms with Gasteiger partial charge in [0.05, 0.1) is 5.69 Å². The molecule has 0 radical (unpaired) electrons. The molecule has 0 spiro atoms. The first-order valence-electron chi connectivity index (χ1n) is 7.37. The van der Waals surface area contributed by atoms with Crippen LogP contribution in [0.3, 0.4) is 0 Å². The summed E-state index contributed by atoms with van der Waals surface area (Å²) in [5.41, 5.74) is 2.35. The molecule has 0 aliphatic carbocycles. The van der Waals surface area contributed by atoms with Gasteiger partial charge in [0.25, 0.3) is 5.56 Å². The summed E-state index contributed by atoms with van der Waals surface area (Å²) in [6.45, 7) is 2.03. The molecule has 0 aliphatic heterocycles. The highest BCUT2D eigenvalue weighted by atomic mass is 19.1. The van der Waals surface area contributed by atoms with Crippen LogP contribution in [-0.2, 0) is 6.54 Å². The number of hydrogen-bond acceptors (Lipinski definition) is 3. The maximum absolute atomic E-state index is 13.6. The van der Waals surface area contributed by atoms with Gasteiger partial charge in [-0.05, 0) is 19.1 Å². The van der Waals surface area contributed by atoms with Crippen molar-refractivity contribution >= 4 is 5.95 Å². The smallest absolute Gasteiger partial charge is 0.252 e. The fourth-order valence-corrected chi connectivity index (χ4v) is 2.34. The molecule has 1 heterocycles. The van der Waals surface area contributed by atoms with Crippen molar-refractivity contribution in [1.82, 2.24) is 9.97 Å². The van der Waals surface area contributed by atoms with E-state index in [0.717, 1.165) is 17.2 Å². The Hall–Kier alpha value is -3.02. The van der Waals surface area contributed by atoms with Crippen LogP contribution in [0.25, 0.3) is 11.3 Å². The average Bonchev–Trinajstić information content (AvgIpc) is 2.53. The van der Waals surface area contributed by atoms with Crippen molar-refractivity contribution in [2.24, 2.45) is 0 Å². The minimum atomic E-state index is -0.653. The molecule has 0 atom stereocenters. The summed E-state index contributed by atoms with van der Waals surface area (Å²) in [7, 11) is 0. The van der Waals surface area contributed by atoms with E-state index in [1.165, 1.54) is 18.2 Å². The van der Waals surface area contributed by atoms with E-state index < -0.39 is 11.6 Å². The summed E-state index contributed by atoms with van der Waals surface area (Å²) in [6, 6.07) is 12.4. The lowest BCUT2D eigenvalue weighted by molar-refractivity contribution is 0.574. The number of anilines is 1. The van der Waals surface area contributed by atoms with Crippen LogP contribution in [0.15, 0.2) is 53.3 Å². The zero-order valence-electron chi connectivity index (χ0n) is 12.9. The van der Waals surface area contributed by atoms with Crippen molar-refractivity contribution in [2.75, 3.05) is 5.32 Å². The summed E-state index contributed by atoms with van der Waals surface area (Å²) >= 11 is 0.